The quantitative estimate of drug-likeness (QED) is 0.761. The first-order valence-corrected chi connectivity index (χ1v) is 9.25. The van der Waals surface area contributed by atoms with E-state index in [0.717, 1.165) is 28.5 Å². The molecule has 26 heavy (non-hydrogen) atoms. The van der Waals surface area contributed by atoms with Crippen molar-refractivity contribution >= 4 is 21.9 Å². The summed E-state index contributed by atoms with van der Waals surface area (Å²) in [4.78, 5) is 12.9. The maximum Gasteiger partial charge on any atom is 0.333 e. The standard InChI is InChI=1S/C20H18BrN3O2/c1-2-26-19(25)20(11-23)17(13-5-7-14(21)8-6-13)9-15(12-3-4-12)16(10-22)18(20)24/h5-9,12,17H,2-4,24H2,1H3/t17-,20+/m1/s1. The summed E-state index contributed by atoms with van der Waals surface area (Å²) in [6.07, 6.45) is 3.84. The number of esters is 1. The van der Waals surface area contributed by atoms with Crippen molar-refractivity contribution < 1.29 is 9.53 Å². The van der Waals surface area contributed by atoms with Crippen molar-refractivity contribution in [3.8, 4) is 12.1 Å². The predicted octanol–water partition coefficient (Wildman–Crippen LogP) is 3.69. The van der Waals surface area contributed by atoms with Gasteiger partial charge in [-0.05, 0) is 49.0 Å². The van der Waals surface area contributed by atoms with Gasteiger partial charge in [0.2, 0.25) is 5.41 Å². The lowest BCUT2D eigenvalue weighted by Crippen LogP contribution is -2.44. The zero-order valence-corrected chi connectivity index (χ0v) is 15.9. The van der Waals surface area contributed by atoms with Crippen molar-refractivity contribution in [2.45, 2.75) is 25.7 Å². The number of halogens is 1. The molecule has 0 saturated heterocycles. The minimum Gasteiger partial charge on any atom is -0.464 e. The first kappa shape index (κ1) is 18.2. The van der Waals surface area contributed by atoms with Crippen LogP contribution in [0.15, 0.2) is 51.7 Å². The highest BCUT2D eigenvalue weighted by Gasteiger charge is 2.54. The molecule has 6 heteroatoms. The van der Waals surface area contributed by atoms with Crippen LogP contribution in [0.2, 0.25) is 0 Å². The van der Waals surface area contributed by atoms with E-state index >= 15 is 0 Å². The predicted molar refractivity (Wildman–Crippen MR) is 99.2 cm³/mol. The summed E-state index contributed by atoms with van der Waals surface area (Å²) >= 11 is 3.40. The molecule has 2 atom stereocenters. The van der Waals surface area contributed by atoms with Gasteiger partial charge in [0.05, 0.1) is 23.9 Å². The van der Waals surface area contributed by atoms with E-state index in [0.29, 0.717) is 0 Å². The van der Waals surface area contributed by atoms with E-state index in [9.17, 15) is 15.3 Å². The van der Waals surface area contributed by atoms with E-state index in [2.05, 4.69) is 28.1 Å². The molecule has 0 radical (unpaired) electrons. The van der Waals surface area contributed by atoms with Gasteiger partial charge >= 0.3 is 5.97 Å². The summed E-state index contributed by atoms with van der Waals surface area (Å²) < 4.78 is 6.09. The molecule has 0 aromatic heterocycles. The smallest absolute Gasteiger partial charge is 0.333 e. The molecule has 1 fully saturated rings. The van der Waals surface area contributed by atoms with Crippen LogP contribution in [0.4, 0.5) is 0 Å². The Hall–Kier alpha value is -2.57. The number of nitrogens with zero attached hydrogens (tertiary/aromatic N) is 2. The maximum atomic E-state index is 12.9. The summed E-state index contributed by atoms with van der Waals surface area (Å²) in [6, 6.07) is 11.6. The van der Waals surface area contributed by atoms with Crippen LogP contribution in [0.1, 0.15) is 31.2 Å². The monoisotopic (exact) mass is 411 g/mol. The second-order valence-electron chi connectivity index (χ2n) is 6.47. The third-order valence-electron chi connectivity index (χ3n) is 4.93. The Morgan fingerprint density at radius 3 is 2.50 bits per heavy atom. The number of carbonyl (C=O) groups excluding carboxylic acids is 1. The van der Waals surface area contributed by atoms with Gasteiger partial charge in [-0.3, -0.25) is 0 Å². The van der Waals surface area contributed by atoms with Gasteiger partial charge in [0, 0.05) is 10.4 Å². The Labute approximate surface area is 160 Å². The van der Waals surface area contributed by atoms with Gasteiger partial charge in [-0.2, -0.15) is 10.5 Å². The summed E-state index contributed by atoms with van der Waals surface area (Å²) in [5, 5.41) is 19.7. The molecule has 2 N–H and O–H groups in total. The Bertz CT molecular complexity index is 885. The molecular formula is C20H18BrN3O2. The number of carbonyl (C=O) groups is 1. The number of benzene rings is 1. The van der Waals surface area contributed by atoms with E-state index in [4.69, 9.17) is 10.5 Å². The second-order valence-corrected chi connectivity index (χ2v) is 7.38. The Balaban J connectivity index is 2.24. The Morgan fingerprint density at radius 1 is 1.35 bits per heavy atom. The Morgan fingerprint density at radius 2 is 2.00 bits per heavy atom. The number of allylic oxidation sites excluding steroid dienone is 3. The summed E-state index contributed by atoms with van der Waals surface area (Å²) in [7, 11) is 0. The lowest BCUT2D eigenvalue weighted by Gasteiger charge is -2.36. The fraction of sp³-hybridized carbons (Fsp3) is 0.350. The highest BCUT2D eigenvalue weighted by atomic mass is 79.9. The molecule has 1 aromatic carbocycles. The van der Waals surface area contributed by atoms with E-state index < -0.39 is 17.3 Å². The van der Waals surface area contributed by atoms with Crippen molar-refractivity contribution in [3.05, 3.63) is 57.2 Å². The van der Waals surface area contributed by atoms with Gasteiger partial charge in [-0.25, -0.2) is 4.79 Å². The fourth-order valence-electron chi connectivity index (χ4n) is 3.44. The summed E-state index contributed by atoms with van der Waals surface area (Å²) in [5.74, 6) is -1.06. The van der Waals surface area contributed by atoms with Crippen LogP contribution in [-0.4, -0.2) is 12.6 Å². The van der Waals surface area contributed by atoms with Gasteiger partial charge < -0.3 is 10.5 Å². The molecule has 132 valence electrons. The summed E-state index contributed by atoms with van der Waals surface area (Å²) in [5.41, 5.74) is 6.43. The topological polar surface area (TPSA) is 99.9 Å². The molecule has 0 aliphatic heterocycles. The number of nitrogens with two attached hydrogens (primary N) is 1. The molecule has 0 unspecified atom stereocenters. The van der Waals surface area contributed by atoms with Crippen LogP contribution in [0.25, 0.3) is 0 Å². The van der Waals surface area contributed by atoms with Crippen molar-refractivity contribution in [2.24, 2.45) is 17.1 Å². The minimum absolute atomic E-state index is 0.00160. The maximum absolute atomic E-state index is 12.9. The molecule has 5 nitrogen and oxygen atoms in total. The molecule has 0 amide bonds. The zero-order valence-electron chi connectivity index (χ0n) is 14.3. The van der Waals surface area contributed by atoms with Crippen LogP contribution < -0.4 is 5.73 Å². The lowest BCUT2D eigenvalue weighted by molar-refractivity contribution is -0.150. The minimum atomic E-state index is -1.74. The zero-order chi connectivity index (χ0) is 18.9. The van der Waals surface area contributed by atoms with Crippen LogP contribution in [0.3, 0.4) is 0 Å². The molecule has 1 saturated carbocycles. The highest BCUT2D eigenvalue weighted by Crippen LogP contribution is 2.52. The van der Waals surface area contributed by atoms with E-state index in [1.165, 1.54) is 0 Å². The van der Waals surface area contributed by atoms with Crippen LogP contribution in [-0.2, 0) is 9.53 Å². The SMILES string of the molecule is CCOC(=O)[C@]1(C#N)C(N)=C(C#N)C(C2CC2)=C[C@@H]1c1ccc(Br)cc1. The van der Waals surface area contributed by atoms with Crippen LogP contribution in [0.5, 0.6) is 0 Å². The molecule has 2 aliphatic rings. The number of hydrogen-bond acceptors (Lipinski definition) is 5. The van der Waals surface area contributed by atoms with Gasteiger partial charge in [-0.1, -0.05) is 34.1 Å². The molecule has 0 bridgehead atoms. The normalized spacial score (nSPS) is 25.1. The van der Waals surface area contributed by atoms with Crippen molar-refractivity contribution in [1.82, 2.24) is 0 Å². The molecular weight excluding hydrogens is 394 g/mol. The summed E-state index contributed by atoms with van der Waals surface area (Å²) in [6.45, 7) is 1.81. The van der Waals surface area contributed by atoms with Gasteiger partial charge in [-0.15, -0.1) is 0 Å². The third-order valence-corrected chi connectivity index (χ3v) is 5.46. The van der Waals surface area contributed by atoms with E-state index in [1.54, 1.807) is 6.92 Å². The number of nitriles is 2. The fourth-order valence-corrected chi connectivity index (χ4v) is 3.71. The van der Waals surface area contributed by atoms with Gasteiger partial charge in [0.1, 0.15) is 6.07 Å². The third kappa shape index (κ3) is 2.81. The highest BCUT2D eigenvalue weighted by molar-refractivity contribution is 9.10. The number of ether oxygens (including phenoxy) is 1. The van der Waals surface area contributed by atoms with Crippen molar-refractivity contribution in [3.63, 3.8) is 0 Å². The molecule has 0 spiro atoms. The second kappa shape index (κ2) is 6.97. The first-order chi connectivity index (χ1) is 12.5. The number of rotatable bonds is 4. The van der Waals surface area contributed by atoms with E-state index in [1.807, 2.05) is 30.3 Å². The Kier molecular flexibility index (Phi) is 4.89. The van der Waals surface area contributed by atoms with Gasteiger partial charge in [0.15, 0.2) is 0 Å². The van der Waals surface area contributed by atoms with E-state index in [-0.39, 0.29) is 23.8 Å². The molecule has 1 aromatic rings. The average Bonchev–Trinajstić information content (AvgIpc) is 3.47. The largest absolute Gasteiger partial charge is 0.464 e. The number of hydrogen-bond donors (Lipinski definition) is 1. The molecule has 0 heterocycles. The lowest BCUT2D eigenvalue weighted by atomic mass is 9.65. The van der Waals surface area contributed by atoms with Crippen molar-refractivity contribution in [2.75, 3.05) is 6.61 Å². The van der Waals surface area contributed by atoms with Crippen molar-refractivity contribution in [1.29, 1.82) is 10.5 Å². The first-order valence-electron chi connectivity index (χ1n) is 8.45. The van der Waals surface area contributed by atoms with Gasteiger partial charge in [0.25, 0.3) is 0 Å². The van der Waals surface area contributed by atoms with Crippen LogP contribution >= 0.6 is 15.9 Å². The molecule has 2 aliphatic carbocycles. The van der Waals surface area contributed by atoms with Crippen LogP contribution in [0, 0.1) is 34.0 Å². The average molecular weight is 412 g/mol. The molecule has 3 rings (SSSR count).